The number of esters is 1. The molecule has 0 saturated carbocycles. The molecule has 31 heavy (non-hydrogen) atoms. The third-order valence-electron chi connectivity index (χ3n) is 5.56. The minimum atomic E-state index is -4.41. The van der Waals surface area contributed by atoms with E-state index in [1.165, 1.54) is 17.8 Å². The van der Waals surface area contributed by atoms with Crippen molar-refractivity contribution < 1.29 is 27.1 Å². The number of nitrogens with zero attached hydrogens (tertiary/aromatic N) is 1. The molecule has 0 N–H and O–H groups in total. The fourth-order valence-corrected chi connectivity index (χ4v) is 4.83. The van der Waals surface area contributed by atoms with Crippen LogP contribution < -0.4 is 0 Å². The maximum absolute atomic E-state index is 12.9. The Kier molecular flexibility index (Phi) is 5.32. The van der Waals surface area contributed by atoms with E-state index >= 15 is 0 Å². The Balaban J connectivity index is 1.52. The molecule has 0 bridgehead atoms. The average Bonchev–Trinajstić information content (AvgIpc) is 3.05. The van der Waals surface area contributed by atoms with Crippen LogP contribution in [0.1, 0.15) is 46.7 Å². The maximum Gasteiger partial charge on any atom is 0.417 e. The van der Waals surface area contributed by atoms with E-state index in [0.717, 1.165) is 28.8 Å². The first-order valence-corrected chi connectivity index (χ1v) is 10.8. The highest BCUT2D eigenvalue weighted by Crippen LogP contribution is 2.40. The average molecular weight is 449 g/mol. The van der Waals surface area contributed by atoms with Gasteiger partial charge in [-0.15, -0.1) is 11.8 Å². The molecule has 8 heteroatoms. The molecular formula is C23H22F3NO3S. The standard InChI is InChI=1S/C23H22F3NO3S/c1-12-7-13(2)19-15(8-12)29-16-9-17(30-21(28)20(16)19)22(3,4)11-31-18-6-5-14(10-27-18)23(24,25)26/h5-8,10,17H,9,11H2,1-4H3. The highest BCUT2D eigenvalue weighted by Gasteiger charge is 2.40. The minimum Gasteiger partial charge on any atom is -0.460 e. The first-order valence-electron chi connectivity index (χ1n) is 9.85. The summed E-state index contributed by atoms with van der Waals surface area (Å²) in [5, 5.41) is 1.28. The number of aromatic nitrogens is 1. The Morgan fingerprint density at radius 3 is 2.58 bits per heavy atom. The zero-order chi connectivity index (χ0) is 22.6. The van der Waals surface area contributed by atoms with Crippen molar-refractivity contribution in [3.05, 3.63) is 58.5 Å². The van der Waals surface area contributed by atoms with Crippen molar-refractivity contribution in [2.24, 2.45) is 5.41 Å². The first-order chi connectivity index (χ1) is 14.5. The van der Waals surface area contributed by atoms with Gasteiger partial charge in [0, 0.05) is 29.2 Å². The van der Waals surface area contributed by atoms with Crippen molar-refractivity contribution in [2.45, 2.75) is 51.4 Å². The zero-order valence-electron chi connectivity index (χ0n) is 17.6. The summed E-state index contributed by atoms with van der Waals surface area (Å²) in [6.45, 7) is 7.85. The van der Waals surface area contributed by atoms with Gasteiger partial charge in [0.1, 0.15) is 23.0 Å². The summed E-state index contributed by atoms with van der Waals surface area (Å²) in [7, 11) is 0. The molecule has 0 aliphatic carbocycles. The van der Waals surface area contributed by atoms with Gasteiger partial charge in [-0.25, -0.2) is 9.78 Å². The summed E-state index contributed by atoms with van der Waals surface area (Å²) >= 11 is 1.33. The topological polar surface area (TPSA) is 52.3 Å². The van der Waals surface area contributed by atoms with Crippen molar-refractivity contribution in [1.29, 1.82) is 0 Å². The van der Waals surface area contributed by atoms with Crippen molar-refractivity contribution in [2.75, 3.05) is 5.75 Å². The lowest BCUT2D eigenvalue weighted by Crippen LogP contribution is -2.40. The van der Waals surface area contributed by atoms with E-state index in [2.05, 4.69) is 4.98 Å². The quantitative estimate of drug-likeness (QED) is 0.343. The minimum absolute atomic E-state index is 0.400. The van der Waals surface area contributed by atoms with E-state index < -0.39 is 29.2 Å². The summed E-state index contributed by atoms with van der Waals surface area (Å²) in [5.41, 5.74) is 1.98. The van der Waals surface area contributed by atoms with Crippen LogP contribution in [0.15, 0.2) is 39.9 Å². The number of aryl methyl sites for hydroxylation is 2. The number of ether oxygens (including phenoxy) is 1. The van der Waals surface area contributed by atoms with E-state index in [1.807, 2.05) is 39.8 Å². The van der Waals surface area contributed by atoms with Crippen LogP contribution in [0, 0.1) is 19.3 Å². The van der Waals surface area contributed by atoms with E-state index in [1.54, 1.807) is 0 Å². The van der Waals surface area contributed by atoms with Gasteiger partial charge in [0.05, 0.1) is 10.6 Å². The second kappa shape index (κ2) is 7.58. The SMILES string of the molecule is Cc1cc(C)c2c3c(oc2c1)CC(C(C)(C)CSc1ccc(C(F)(F)F)cn1)OC3=O. The molecule has 0 spiro atoms. The van der Waals surface area contributed by atoms with Crippen molar-refractivity contribution in [1.82, 2.24) is 4.98 Å². The van der Waals surface area contributed by atoms with E-state index in [0.29, 0.717) is 34.1 Å². The number of pyridine rings is 1. The molecule has 3 heterocycles. The third-order valence-corrected chi connectivity index (χ3v) is 6.98. The van der Waals surface area contributed by atoms with Crippen LogP contribution in [-0.4, -0.2) is 22.8 Å². The third kappa shape index (κ3) is 4.18. The fourth-order valence-electron chi connectivity index (χ4n) is 3.83. The second-order valence-electron chi connectivity index (χ2n) is 8.61. The number of carbonyl (C=O) groups excluding carboxylic acids is 1. The number of hydrogen-bond donors (Lipinski definition) is 0. The summed E-state index contributed by atoms with van der Waals surface area (Å²) in [6, 6.07) is 6.31. The Hall–Kier alpha value is -2.48. The maximum atomic E-state index is 12.9. The first kappa shape index (κ1) is 21.7. The highest BCUT2D eigenvalue weighted by molar-refractivity contribution is 7.99. The van der Waals surface area contributed by atoms with Crippen LogP contribution in [0.25, 0.3) is 11.0 Å². The number of cyclic esters (lactones) is 1. The number of thioether (sulfide) groups is 1. The van der Waals surface area contributed by atoms with E-state index in [4.69, 9.17) is 9.15 Å². The highest BCUT2D eigenvalue weighted by atomic mass is 32.2. The normalized spacial score (nSPS) is 17.0. The smallest absolute Gasteiger partial charge is 0.417 e. The van der Waals surface area contributed by atoms with Gasteiger partial charge in [0.25, 0.3) is 0 Å². The lowest BCUT2D eigenvalue weighted by molar-refractivity contribution is -0.137. The molecule has 0 radical (unpaired) electrons. The van der Waals surface area contributed by atoms with Crippen LogP contribution in [0.4, 0.5) is 13.2 Å². The van der Waals surface area contributed by atoms with Gasteiger partial charge < -0.3 is 9.15 Å². The van der Waals surface area contributed by atoms with Gasteiger partial charge >= 0.3 is 12.1 Å². The van der Waals surface area contributed by atoms with Gasteiger partial charge in [0.2, 0.25) is 0 Å². The number of carbonyl (C=O) groups is 1. The van der Waals surface area contributed by atoms with Crippen molar-refractivity contribution >= 4 is 28.7 Å². The predicted octanol–water partition coefficient (Wildman–Crippen LogP) is 6.36. The van der Waals surface area contributed by atoms with Crippen LogP contribution in [0.3, 0.4) is 0 Å². The Labute approximate surface area is 182 Å². The number of alkyl halides is 3. The molecular weight excluding hydrogens is 427 g/mol. The van der Waals surface area contributed by atoms with Crippen molar-refractivity contribution in [3.8, 4) is 0 Å². The van der Waals surface area contributed by atoms with Gasteiger partial charge in [-0.3, -0.25) is 0 Å². The predicted molar refractivity (Wildman–Crippen MR) is 112 cm³/mol. The zero-order valence-corrected chi connectivity index (χ0v) is 18.4. The summed E-state index contributed by atoms with van der Waals surface area (Å²) < 4.78 is 50.0. The molecule has 3 aromatic rings. The molecule has 1 unspecified atom stereocenters. The molecule has 4 rings (SSSR count). The van der Waals surface area contributed by atoms with Crippen LogP contribution in [0.5, 0.6) is 0 Å². The number of rotatable bonds is 4. The molecule has 4 nitrogen and oxygen atoms in total. The Bertz CT molecular complexity index is 1150. The molecule has 1 atom stereocenters. The number of benzene rings is 1. The lowest BCUT2D eigenvalue weighted by atomic mass is 9.84. The van der Waals surface area contributed by atoms with Crippen LogP contribution in [-0.2, 0) is 17.3 Å². The molecule has 1 aliphatic rings. The molecule has 0 saturated heterocycles. The Morgan fingerprint density at radius 1 is 1.19 bits per heavy atom. The molecule has 2 aromatic heterocycles. The number of furan rings is 1. The number of halogens is 3. The molecule has 164 valence electrons. The second-order valence-corrected chi connectivity index (χ2v) is 9.61. The van der Waals surface area contributed by atoms with Crippen LogP contribution >= 0.6 is 11.8 Å². The fraction of sp³-hybridized carbons (Fsp3) is 0.391. The Morgan fingerprint density at radius 2 is 1.94 bits per heavy atom. The molecule has 0 amide bonds. The summed E-state index contributed by atoms with van der Waals surface area (Å²) in [5.74, 6) is 0.732. The lowest BCUT2D eigenvalue weighted by Gasteiger charge is -2.35. The van der Waals surface area contributed by atoms with Gasteiger partial charge in [-0.05, 0) is 43.2 Å². The van der Waals surface area contributed by atoms with E-state index in [9.17, 15) is 18.0 Å². The molecule has 1 aromatic carbocycles. The van der Waals surface area contributed by atoms with Crippen LogP contribution in [0.2, 0.25) is 0 Å². The number of fused-ring (bicyclic) bond motifs is 3. The number of hydrogen-bond acceptors (Lipinski definition) is 5. The van der Waals surface area contributed by atoms with Crippen molar-refractivity contribution in [3.63, 3.8) is 0 Å². The summed E-state index contributed by atoms with van der Waals surface area (Å²) in [6.07, 6.45) is -3.55. The van der Waals surface area contributed by atoms with Gasteiger partial charge in [0.15, 0.2) is 0 Å². The molecule has 0 fully saturated rings. The monoisotopic (exact) mass is 449 g/mol. The van der Waals surface area contributed by atoms with Gasteiger partial charge in [-0.2, -0.15) is 13.2 Å². The largest absolute Gasteiger partial charge is 0.460 e. The molecule has 1 aliphatic heterocycles. The summed E-state index contributed by atoms with van der Waals surface area (Å²) in [4.78, 5) is 16.8. The van der Waals surface area contributed by atoms with E-state index in [-0.39, 0.29) is 0 Å². The van der Waals surface area contributed by atoms with Gasteiger partial charge in [-0.1, -0.05) is 19.9 Å².